The lowest BCUT2D eigenvalue weighted by atomic mass is 10.0. The molecular formula is C20H18N4O. The molecule has 1 aromatic heterocycles. The topological polar surface area (TPSA) is 81.6 Å². The lowest BCUT2D eigenvalue weighted by Crippen LogP contribution is -2.17. The number of anilines is 1. The minimum atomic E-state index is -0.0854. The summed E-state index contributed by atoms with van der Waals surface area (Å²) in [6.45, 7) is 4.24. The molecule has 1 heterocycles. The zero-order chi connectivity index (χ0) is 17.6. The summed E-state index contributed by atoms with van der Waals surface area (Å²) in [5, 5.41) is 11.9. The van der Waals surface area contributed by atoms with Crippen molar-refractivity contribution in [1.29, 1.82) is 5.26 Å². The summed E-state index contributed by atoms with van der Waals surface area (Å²) in [6.07, 6.45) is 0. The van der Waals surface area contributed by atoms with Gasteiger partial charge < -0.3 is 4.98 Å². The second kappa shape index (κ2) is 5.45. The number of hydrogen-bond donors (Lipinski definition) is 2. The highest BCUT2D eigenvalue weighted by molar-refractivity contribution is 5.96. The van der Waals surface area contributed by atoms with E-state index in [0.717, 1.165) is 11.0 Å². The maximum atomic E-state index is 12.8. The Kier molecular flexibility index (Phi) is 3.36. The van der Waals surface area contributed by atoms with Crippen LogP contribution in [0.25, 0.3) is 11.0 Å². The summed E-state index contributed by atoms with van der Waals surface area (Å²) in [5.41, 5.74) is 3.14. The Balaban J connectivity index is 1.55. The molecule has 124 valence electrons. The lowest BCUT2D eigenvalue weighted by molar-refractivity contribution is -0.118. The van der Waals surface area contributed by atoms with Gasteiger partial charge in [0.1, 0.15) is 0 Å². The number of amides is 1. The molecule has 0 aliphatic heterocycles. The number of H-pyrrole nitrogens is 1. The van der Waals surface area contributed by atoms with Crippen LogP contribution >= 0.6 is 0 Å². The van der Waals surface area contributed by atoms with Crippen LogP contribution in [0.5, 0.6) is 0 Å². The Bertz CT molecular complexity index is 997. The highest BCUT2D eigenvalue weighted by Gasteiger charge is 2.62. The molecule has 25 heavy (non-hydrogen) atoms. The van der Waals surface area contributed by atoms with E-state index in [9.17, 15) is 4.79 Å². The molecule has 4 rings (SSSR count). The normalized spacial score (nSPS) is 20.8. The number of nitrogens with one attached hydrogen (secondary N) is 2. The Morgan fingerprint density at radius 3 is 2.72 bits per heavy atom. The van der Waals surface area contributed by atoms with Crippen LogP contribution < -0.4 is 5.32 Å². The van der Waals surface area contributed by atoms with Crippen LogP contribution in [0.3, 0.4) is 0 Å². The number of benzene rings is 2. The number of hydrogen-bond acceptors (Lipinski definition) is 3. The molecule has 1 aliphatic carbocycles. The molecule has 0 spiro atoms. The van der Waals surface area contributed by atoms with Crippen LogP contribution in [0.4, 0.5) is 5.95 Å². The number of carbonyl (C=O) groups excluding carboxylic acids is 1. The van der Waals surface area contributed by atoms with E-state index in [4.69, 9.17) is 5.26 Å². The van der Waals surface area contributed by atoms with E-state index in [-0.39, 0.29) is 23.2 Å². The molecule has 2 atom stereocenters. The number of nitriles is 1. The second-order valence-corrected chi connectivity index (χ2v) is 7.11. The Labute approximate surface area is 145 Å². The molecule has 1 aliphatic rings. The zero-order valence-electron chi connectivity index (χ0n) is 14.1. The molecule has 1 fully saturated rings. The fourth-order valence-electron chi connectivity index (χ4n) is 3.74. The quantitative estimate of drug-likeness (QED) is 0.766. The highest BCUT2D eigenvalue weighted by atomic mass is 16.2. The standard InChI is InChI=1S/C20H18N4O/c1-20(2)16(13-6-4-3-5-7-13)17(20)18(25)24-19-22-14-9-8-12(11-21)10-15(14)23-19/h3-10,16-17H,1-2H3,(H2,22,23,24,25). The number of aromatic amines is 1. The lowest BCUT2D eigenvalue weighted by Gasteiger charge is -2.02. The highest BCUT2D eigenvalue weighted by Crippen LogP contribution is 2.64. The molecule has 3 aromatic rings. The number of fused-ring (bicyclic) bond motifs is 1. The minimum absolute atomic E-state index is 0.0292. The number of rotatable bonds is 3. The van der Waals surface area contributed by atoms with Gasteiger partial charge >= 0.3 is 0 Å². The van der Waals surface area contributed by atoms with Gasteiger partial charge in [-0.15, -0.1) is 0 Å². The van der Waals surface area contributed by atoms with Crippen LogP contribution in [-0.2, 0) is 4.79 Å². The van der Waals surface area contributed by atoms with Gasteiger partial charge in [0.05, 0.1) is 28.6 Å². The fourth-order valence-corrected chi connectivity index (χ4v) is 3.74. The monoisotopic (exact) mass is 330 g/mol. The molecule has 5 nitrogen and oxygen atoms in total. The van der Waals surface area contributed by atoms with E-state index < -0.39 is 0 Å². The molecule has 1 saturated carbocycles. The molecule has 2 N–H and O–H groups in total. The van der Waals surface area contributed by atoms with Gasteiger partial charge in [0.15, 0.2) is 0 Å². The number of carbonyl (C=O) groups is 1. The van der Waals surface area contributed by atoms with E-state index in [0.29, 0.717) is 11.5 Å². The predicted molar refractivity (Wildman–Crippen MR) is 95.9 cm³/mol. The van der Waals surface area contributed by atoms with Crippen molar-refractivity contribution in [2.45, 2.75) is 19.8 Å². The largest absolute Gasteiger partial charge is 0.324 e. The molecule has 5 heteroatoms. The summed E-state index contributed by atoms with van der Waals surface area (Å²) >= 11 is 0. The van der Waals surface area contributed by atoms with Gasteiger partial charge in [0.2, 0.25) is 11.9 Å². The van der Waals surface area contributed by atoms with Gasteiger partial charge in [-0.05, 0) is 29.2 Å². The summed E-state index contributed by atoms with van der Waals surface area (Å²) in [7, 11) is 0. The molecule has 0 bridgehead atoms. The van der Waals surface area contributed by atoms with Crippen molar-refractivity contribution >= 4 is 22.9 Å². The summed E-state index contributed by atoms with van der Waals surface area (Å²) in [5.74, 6) is 0.518. The van der Waals surface area contributed by atoms with Crippen molar-refractivity contribution in [3.05, 3.63) is 59.7 Å². The van der Waals surface area contributed by atoms with Crippen molar-refractivity contribution in [3.8, 4) is 6.07 Å². The molecule has 1 amide bonds. The second-order valence-electron chi connectivity index (χ2n) is 7.11. The number of nitrogens with zero attached hydrogens (tertiary/aromatic N) is 2. The van der Waals surface area contributed by atoms with Gasteiger partial charge in [-0.1, -0.05) is 44.2 Å². The minimum Gasteiger partial charge on any atom is -0.324 e. The van der Waals surface area contributed by atoms with E-state index in [1.54, 1.807) is 18.2 Å². The third kappa shape index (κ3) is 2.56. The van der Waals surface area contributed by atoms with E-state index in [1.807, 2.05) is 18.2 Å². The van der Waals surface area contributed by atoms with Crippen molar-refractivity contribution in [2.75, 3.05) is 5.32 Å². The van der Waals surface area contributed by atoms with E-state index in [1.165, 1.54) is 5.56 Å². The van der Waals surface area contributed by atoms with Crippen LogP contribution in [0.1, 0.15) is 30.9 Å². The van der Waals surface area contributed by atoms with E-state index >= 15 is 0 Å². The third-order valence-electron chi connectivity index (χ3n) is 5.12. The van der Waals surface area contributed by atoms with Crippen LogP contribution in [0, 0.1) is 22.7 Å². The average molecular weight is 330 g/mol. The van der Waals surface area contributed by atoms with Crippen molar-refractivity contribution in [2.24, 2.45) is 11.3 Å². The summed E-state index contributed by atoms with van der Waals surface area (Å²) < 4.78 is 0. The van der Waals surface area contributed by atoms with Crippen molar-refractivity contribution < 1.29 is 4.79 Å². The van der Waals surface area contributed by atoms with Gasteiger partial charge in [-0.25, -0.2) is 4.98 Å². The predicted octanol–water partition coefficient (Wildman–Crippen LogP) is 3.81. The van der Waals surface area contributed by atoms with Crippen molar-refractivity contribution in [1.82, 2.24) is 9.97 Å². The Morgan fingerprint density at radius 1 is 1.24 bits per heavy atom. The molecule has 2 unspecified atom stereocenters. The first-order chi connectivity index (χ1) is 12.0. The Morgan fingerprint density at radius 2 is 2.00 bits per heavy atom. The summed E-state index contributed by atoms with van der Waals surface area (Å²) in [6, 6.07) is 17.4. The molecule has 0 saturated heterocycles. The average Bonchev–Trinajstić information content (AvgIpc) is 2.97. The maximum Gasteiger partial charge on any atom is 0.230 e. The van der Waals surface area contributed by atoms with Gasteiger partial charge in [-0.3, -0.25) is 10.1 Å². The van der Waals surface area contributed by atoms with Gasteiger partial charge in [-0.2, -0.15) is 5.26 Å². The third-order valence-corrected chi connectivity index (χ3v) is 5.12. The first-order valence-electron chi connectivity index (χ1n) is 8.26. The molecular weight excluding hydrogens is 312 g/mol. The first kappa shape index (κ1) is 15.4. The SMILES string of the molecule is CC1(C)C(C(=O)Nc2nc3ccc(C#N)cc3[nH]2)C1c1ccccc1. The smallest absolute Gasteiger partial charge is 0.230 e. The van der Waals surface area contributed by atoms with Crippen LogP contribution in [-0.4, -0.2) is 15.9 Å². The first-order valence-corrected chi connectivity index (χ1v) is 8.26. The van der Waals surface area contributed by atoms with Crippen LogP contribution in [0.2, 0.25) is 0 Å². The van der Waals surface area contributed by atoms with Gasteiger partial charge in [0, 0.05) is 5.92 Å². The number of imidazole rings is 1. The van der Waals surface area contributed by atoms with Crippen molar-refractivity contribution in [3.63, 3.8) is 0 Å². The van der Waals surface area contributed by atoms with E-state index in [2.05, 4.69) is 47.3 Å². The maximum absolute atomic E-state index is 12.8. The van der Waals surface area contributed by atoms with Crippen LogP contribution in [0.15, 0.2) is 48.5 Å². The number of aromatic nitrogens is 2. The summed E-state index contributed by atoms with van der Waals surface area (Å²) in [4.78, 5) is 20.2. The van der Waals surface area contributed by atoms with Gasteiger partial charge in [0.25, 0.3) is 0 Å². The Hall–Kier alpha value is -3.13. The zero-order valence-corrected chi connectivity index (χ0v) is 14.1. The molecule has 2 aromatic carbocycles. The molecule has 0 radical (unpaired) electrons. The fraction of sp³-hybridized carbons (Fsp3) is 0.250.